The van der Waals surface area contributed by atoms with Crippen LogP contribution in [0.2, 0.25) is 0 Å². The Hall–Kier alpha value is -1.23. The summed E-state index contributed by atoms with van der Waals surface area (Å²) in [6.45, 7) is 7.43. The summed E-state index contributed by atoms with van der Waals surface area (Å²) in [6.07, 6.45) is 2.87. The van der Waals surface area contributed by atoms with Crippen LogP contribution in [0.4, 0.5) is 10.2 Å². The van der Waals surface area contributed by atoms with Crippen molar-refractivity contribution in [1.29, 1.82) is 0 Å². The van der Waals surface area contributed by atoms with E-state index in [1.165, 1.54) is 6.33 Å². The standard InChI is InChI=1S/C13H22FN3O/c1-5-10-11(14)12(17-9-16-10)15-8-13(2,3)6-7-18-4/h9H,5-8H2,1-4H3,(H,15,16,17). The summed E-state index contributed by atoms with van der Waals surface area (Å²) in [5.74, 6) is -0.0603. The number of ether oxygens (including phenoxy) is 1. The average molecular weight is 255 g/mol. The highest BCUT2D eigenvalue weighted by atomic mass is 19.1. The predicted molar refractivity (Wildman–Crippen MR) is 70.1 cm³/mol. The number of hydrogen-bond donors (Lipinski definition) is 1. The van der Waals surface area contributed by atoms with Crippen LogP contribution in [0.25, 0.3) is 0 Å². The van der Waals surface area contributed by atoms with E-state index >= 15 is 0 Å². The Morgan fingerprint density at radius 1 is 1.39 bits per heavy atom. The molecule has 102 valence electrons. The van der Waals surface area contributed by atoms with Gasteiger partial charge in [-0.25, -0.2) is 14.4 Å². The third-order valence-electron chi connectivity index (χ3n) is 2.91. The molecule has 1 aromatic rings. The van der Waals surface area contributed by atoms with Gasteiger partial charge in [-0.05, 0) is 18.3 Å². The van der Waals surface area contributed by atoms with Gasteiger partial charge >= 0.3 is 0 Å². The van der Waals surface area contributed by atoms with Crippen molar-refractivity contribution in [3.63, 3.8) is 0 Å². The van der Waals surface area contributed by atoms with Crippen LogP contribution in [0.1, 0.15) is 32.9 Å². The first-order valence-electron chi connectivity index (χ1n) is 6.22. The Kier molecular flexibility index (Phi) is 5.47. The first-order valence-corrected chi connectivity index (χ1v) is 6.22. The second kappa shape index (κ2) is 6.64. The van der Waals surface area contributed by atoms with E-state index in [2.05, 4.69) is 29.1 Å². The van der Waals surface area contributed by atoms with Crippen molar-refractivity contribution in [1.82, 2.24) is 9.97 Å². The molecule has 0 unspecified atom stereocenters. The zero-order chi connectivity index (χ0) is 13.6. The van der Waals surface area contributed by atoms with Crippen LogP contribution in [0.15, 0.2) is 6.33 Å². The van der Waals surface area contributed by atoms with Gasteiger partial charge in [0.05, 0.1) is 5.69 Å². The Labute approximate surface area is 108 Å². The van der Waals surface area contributed by atoms with Gasteiger partial charge in [-0.15, -0.1) is 0 Å². The number of anilines is 1. The zero-order valence-corrected chi connectivity index (χ0v) is 11.6. The lowest BCUT2D eigenvalue weighted by atomic mass is 9.90. The van der Waals surface area contributed by atoms with Gasteiger partial charge in [0.1, 0.15) is 6.33 Å². The molecule has 4 nitrogen and oxygen atoms in total. The summed E-state index contributed by atoms with van der Waals surface area (Å²) in [6, 6.07) is 0. The van der Waals surface area contributed by atoms with Crippen molar-refractivity contribution >= 4 is 5.82 Å². The molecule has 0 aliphatic carbocycles. The van der Waals surface area contributed by atoms with Crippen LogP contribution in [-0.4, -0.2) is 30.2 Å². The van der Waals surface area contributed by atoms with Crippen LogP contribution in [0.5, 0.6) is 0 Å². The fourth-order valence-electron chi connectivity index (χ4n) is 1.57. The largest absolute Gasteiger partial charge is 0.385 e. The van der Waals surface area contributed by atoms with Crippen LogP contribution < -0.4 is 5.32 Å². The molecule has 0 saturated carbocycles. The molecule has 0 spiro atoms. The van der Waals surface area contributed by atoms with E-state index in [-0.39, 0.29) is 17.1 Å². The van der Waals surface area contributed by atoms with E-state index in [9.17, 15) is 4.39 Å². The minimum atomic E-state index is -0.345. The highest BCUT2D eigenvalue weighted by Gasteiger charge is 2.19. The number of aromatic nitrogens is 2. The third-order valence-corrected chi connectivity index (χ3v) is 2.91. The first-order chi connectivity index (χ1) is 8.50. The van der Waals surface area contributed by atoms with Gasteiger partial charge in [-0.1, -0.05) is 20.8 Å². The molecule has 0 radical (unpaired) electrons. The number of hydrogen-bond acceptors (Lipinski definition) is 4. The third kappa shape index (κ3) is 4.22. The number of methoxy groups -OCH3 is 1. The normalized spacial score (nSPS) is 11.6. The quantitative estimate of drug-likeness (QED) is 0.813. The van der Waals surface area contributed by atoms with E-state index < -0.39 is 0 Å². The van der Waals surface area contributed by atoms with Crippen LogP contribution >= 0.6 is 0 Å². The SMILES string of the molecule is CCc1ncnc(NCC(C)(C)CCOC)c1F. The highest BCUT2D eigenvalue weighted by Crippen LogP contribution is 2.22. The van der Waals surface area contributed by atoms with Crippen LogP contribution in [0.3, 0.4) is 0 Å². The minimum Gasteiger partial charge on any atom is -0.385 e. The Bertz CT molecular complexity index is 382. The molecule has 0 aliphatic heterocycles. The summed E-state index contributed by atoms with van der Waals surface area (Å²) in [5, 5.41) is 3.06. The number of halogens is 1. The van der Waals surface area contributed by atoms with Crippen LogP contribution in [-0.2, 0) is 11.2 Å². The van der Waals surface area contributed by atoms with Gasteiger partial charge in [0.15, 0.2) is 11.6 Å². The Morgan fingerprint density at radius 3 is 2.72 bits per heavy atom. The van der Waals surface area contributed by atoms with Gasteiger partial charge in [0, 0.05) is 20.3 Å². The van der Waals surface area contributed by atoms with E-state index in [4.69, 9.17) is 4.74 Å². The topological polar surface area (TPSA) is 47.0 Å². The van der Waals surface area contributed by atoms with Gasteiger partial charge in [-0.3, -0.25) is 0 Å². The van der Waals surface area contributed by atoms with Crippen LogP contribution in [0, 0.1) is 11.2 Å². The monoisotopic (exact) mass is 255 g/mol. The molecule has 0 fully saturated rings. The van der Waals surface area contributed by atoms with Crippen molar-refractivity contribution in [2.45, 2.75) is 33.6 Å². The fourth-order valence-corrected chi connectivity index (χ4v) is 1.57. The molecule has 0 aliphatic rings. The second-order valence-corrected chi connectivity index (χ2v) is 5.10. The summed E-state index contributed by atoms with van der Waals surface area (Å²) >= 11 is 0. The summed E-state index contributed by atoms with van der Waals surface area (Å²) in [5.41, 5.74) is 0.474. The number of rotatable bonds is 7. The Balaban J connectivity index is 2.63. The van der Waals surface area contributed by atoms with E-state index in [1.54, 1.807) is 7.11 Å². The first kappa shape index (κ1) is 14.8. The average Bonchev–Trinajstić information content (AvgIpc) is 2.35. The molecule has 1 N–H and O–H groups in total. The molecule has 0 atom stereocenters. The molecule has 5 heteroatoms. The van der Waals surface area contributed by atoms with E-state index in [0.717, 1.165) is 6.42 Å². The highest BCUT2D eigenvalue weighted by molar-refractivity contribution is 5.37. The second-order valence-electron chi connectivity index (χ2n) is 5.10. The molecular formula is C13H22FN3O. The van der Waals surface area contributed by atoms with Gasteiger partial charge in [0.25, 0.3) is 0 Å². The lowest BCUT2D eigenvalue weighted by Crippen LogP contribution is -2.25. The molecule has 18 heavy (non-hydrogen) atoms. The summed E-state index contributed by atoms with van der Waals surface area (Å²) in [7, 11) is 1.68. The smallest absolute Gasteiger partial charge is 0.186 e. The molecule has 1 aromatic heterocycles. The van der Waals surface area contributed by atoms with Crippen molar-refractivity contribution in [3.8, 4) is 0 Å². The number of aryl methyl sites for hydroxylation is 1. The molecule has 0 amide bonds. The lowest BCUT2D eigenvalue weighted by molar-refractivity contribution is 0.157. The maximum atomic E-state index is 13.9. The van der Waals surface area contributed by atoms with Crippen molar-refractivity contribution in [3.05, 3.63) is 17.8 Å². The molecular weight excluding hydrogens is 233 g/mol. The molecule has 0 aromatic carbocycles. The molecule has 1 heterocycles. The van der Waals surface area contributed by atoms with E-state index in [0.29, 0.717) is 25.3 Å². The van der Waals surface area contributed by atoms with Crippen molar-refractivity contribution in [2.75, 3.05) is 25.6 Å². The molecule has 1 rings (SSSR count). The Morgan fingerprint density at radius 2 is 2.11 bits per heavy atom. The van der Waals surface area contributed by atoms with Crippen molar-refractivity contribution < 1.29 is 9.13 Å². The summed E-state index contributed by atoms with van der Waals surface area (Å²) < 4.78 is 19.0. The van der Waals surface area contributed by atoms with Gasteiger partial charge < -0.3 is 10.1 Å². The summed E-state index contributed by atoms with van der Waals surface area (Å²) in [4.78, 5) is 7.85. The number of nitrogens with zero attached hydrogens (tertiary/aromatic N) is 2. The van der Waals surface area contributed by atoms with Gasteiger partial charge in [-0.2, -0.15) is 0 Å². The predicted octanol–water partition coefficient (Wildman–Crippen LogP) is 2.65. The zero-order valence-electron chi connectivity index (χ0n) is 11.6. The maximum absolute atomic E-state index is 13.9. The molecule has 0 saturated heterocycles. The lowest BCUT2D eigenvalue weighted by Gasteiger charge is -2.25. The number of nitrogens with one attached hydrogen (secondary N) is 1. The van der Waals surface area contributed by atoms with E-state index in [1.807, 2.05) is 6.92 Å². The fraction of sp³-hybridized carbons (Fsp3) is 0.692. The minimum absolute atomic E-state index is 0.0276. The van der Waals surface area contributed by atoms with Crippen molar-refractivity contribution in [2.24, 2.45) is 5.41 Å². The molecule has 0 bridgehead atoms. The maximum Gasteiger partial charge on any atom is 0.186 e. The van der Waals surface area contributed by atoms with Gasteiger partial charge in [0.2, 0.25) is 0 Å².